The van der Waals surface area contributed by atoms with Crippen molar-refractivity contribution in [2.75, 3.05) is 19.0 Å². The predicted molar refractivity (Wildman–Crippen MR) is 95.1 cm³/mol. The zero-order chi connectivity index (χ0) is 17.5. The molecule has 1 aromatic heterocycles. The van der Waals surface area contributed by atoms with Crippen molar-refractivity contribution in [1.29, 1.82) is 0 Å². The van der Waals surface area contributed by atoms with Crippen molar-refractivity contribution in [3.63, 3.8) is 0 Å². The van der Waals surface area contributed by atoms with Crippen molar-refractivity contribution in [2.24, 2.45) is 5.92 Å². The van der Waals surface area contributed by atoms with E-state index in [9.17, 15) is 4.79 Å². The molecule has 0 aliphatic rings. The van der Waals surface area contributed by atoms with Crippen molar-refractivity contribution < 1.29 is 9.53 Å². The van der Waals surface area contributed by atoms with E-state index >= 15 is 0 Å². The maximum absolute atomic E-state index is 12.1. The van der Waals surface area contributed by atoms with E-state index < -0.39 is 0 Å². The van der Waals surface area contributed by atoms with E-state index in [-0.39, 0.29) is 5.91 Å². The number of hydrogen-bond acceptors (Lipinski definition) is 5. The van der Waals surface area contributed by atoms with Gasteiger partial charge in [0.15, 0.2) is 0 Å². The van der Waals surface area contributed by atoms with Gasteiger partial charge in [-0.05, 0) is 30.5 Å². The summed E-state index contributed by atoms with van der Waals surface area (Å²) >= 11 is 6.10. The number of nitrogens with one attached hydrogen (secondary N) is 2. The van der Waals surface area contributed by atoms with Crippen LogP contribution in [0.2, 0.25) is 5.02 Å². The van der Waals surface area contributed by atoms with E-state index in [1.807, 2.05) is 6.07 Å². The average molecular weight is 349 g/mol. The highest BCUT2D eigenvalue weighted by Gasteiger charge is 2.09. The molecule has 0 saturated heterocycles. The first-order chi connectivity index (χ1) is 11.5. The Labute approximate surface area is 146 Å². The second-order valence-electron chi connectivity index (χ2n) is 5.70. The summed E-state index contributed by atoms with van der Waals surface area (Å²) in [5.41, 5.74) is 1.06. The normalized spacial score (nSPS) is 10.5. The number of ether oxygens (including phenoxy) is 1. The molecule has 2 N–H and O–H groups in total. The molecule has 0 saturated carbocycles. The number of carbonyl (C=O) groups excluding carboxylic acids is 1. The Morgan fingerprint density at radius 2 is 2.08 bits per heavy atom. The van der Waals surface area contributed by atoms with Crippen LogP contribution in [0.3, 0.4) is 0 Å². The number of benzene rings is 1. The van der Waals surface area contributed by atoms with Crippen LogP contribution in [0.15, 0.2) is 30.6 Å². The molecule has 24 heavy (non-hydrogen) atoms. The number of carbonyl (C=O) groups is 1. The van der Waals surface area contributed by atoms with Crippen LogP contribution in [0.5, 0.6) is 5.75 Å². The molecular formula is C17H21ClN4O2. The third-order valence-electron chi connectivity index (χ3n) is 3.33. The van der Waals surface area contributed by atoms with Gasteiger partial charge >= 0.3 is 0 Å². The highest BCUT2D eigenvalue weighted by molar-refractivity contribution is 6.32. The number of amides is 1. The number of rotatable bonds is 7. The largest absolute Gasteiger partial charge is 0.495 e. The van der Waals surface area contributed by atoms with Crippen LogP contribution in [-0.2, 0) is 0 Å². The third-order valence-corrected chi connectivity index (χ3v) is 3.63. The summed E-state index contributed by atoms with van der Waals surface area (Å²) in [6.07, 6.45) is 2.27. The lowest BCUT2D eigenvalue weighted by Crippen LogP contribution is -2.26. The highest BCUT2D eigenvalue weighted by atomic mass is 35.5. The maximum atomic E-state index is 12.1. The number of methoxy groups -OCH3 is 1. The Kier molecular flexibility index (Phi) is 6.37. The number of anilines is 2. The van der Waals surface area contributed by atoms with Crippen molar-refractivity contribution in [2.45, 2.75) is 20.3 Å². The molecule has 6 nitrogen and oxygen atoms in total. The van der Waals surface area contributed by atoms with Crippen LogP contribution < -0.4 is 15.4 Å². The van der Waals surface area contributed by atoms with Gasteiger partial charge in [0.2, 0.25) is 0 Å². The van der Waals surface area contributed by atoms with Gasteiger partial charge in [0.1, 0.15) is 23.6 Å². The average Bonchev–Trinajstić information content (AvgIpc) is 2.55. The fraction of sp³-hybridized carbons (Fsp3) is 0.353. The first-order valence-corrected chi connectivity index (χ1v) is 8.08. The predicted octanol–water partition coefficient (Wildman–Crippen LogP) is 3.66. The second-order valence-corrected chi connectivity index (χ2v) is 6.11. The van der Waals surface area contributed by atoms with E-state index in [4.69, 9.17) is 16.3 Å². The van der Waals surface area contributed by atoms with Gasteiger partial charge in [-0.25, -0.2) is 9.97 Å². The summed E-state index contributed by atoms with van der Waals surface area (Å²) in [6.45, 7) is 4.84. The molecule has 0 spiro atoms. The number of hydrogen-bond donors (Lipinski definition) is 2. The molecule has 0 atom stereocenters. The zero-order valence-electron chi connectivity index (χ0n) is 14.0. The Morgan fingerprint density at radius 3 is 2.75 bits per heavy atom. The number of nitrogens with zero attached hydrogens (tertiary/aromatic N) is 2. The molecule has 0 unspecified atom stereocenters. The molecule has 7 heteroatoms. The molecule has 2 rings (SSSR count). The molecule has 1 heterocycles. The zero-order valence-corrected chi connectivity index (χ0v) is 14.7. The van der Waals surface area contributed by atoms with E-state index in [1.165, 1.54) is 6.33 Å². The molecule has 2 aromatic rings. The summed E-state index contributed by atoms with van der Waals surface area (Å²) in [5.74, 6) is 1.43. The second kappa shape index (κ2) is 8.49. The SMILES string of the molecule is COc1ccc(Nc2cc(C(=O)NCCC(C)C)ncn2)cc1Cl. The van der Waals surface area contributed by atoms with E-state index in [0.29, 0.717) is 34.7 Å². The van der Waals surface area contributed by atoms with Gasteiger partial charge in [0.25, 0.3) is 5.91 Å². The molecule has 128 valence electrons. The molecular weight excluding hydrogens is 328 g/mol. The highest BCUT2D eigenvalue weighted by Crippen LogP contribution is 2.28. The van der Waals surface area contributed by atoms with Gasteiger partial charge in [0, 0.05) is 18.3 Å². The lowest BCUT2D eigenvalue weighted by molar-refractivity contribution is 0.0947. The molecule has 0 bridgehead atoms. The van der Waals surface area contributed by atoms with Crippen LogP contribution in [0.4, 0.5) is 11.5 Å². The first-order valence-electron chi connectivity index (χ1n) is 7.70. The van der Waals surface area contributed by atoms with Crippen LogP contribution in [0, 0.1) is 5.92 Å². The first kappa shape index (κ1) is 18.0. The standard InChI is InChI=1S/C17H21ClN4O2/c1-11(2)6-7-19-17(23)14-9-16(21-10-20-14)22-12-4-5-15(24-3)13(18)8-12/h4-5,8-11H,6-7H2,1-3H3,(H,19,23)(H,20,21,22). The van der Waals surface area contributed by atoms with E-state index in [1.54, 1.807) is 25.3 Å². The van der Waals surface area contributed by atoms with Crippen molar-refractivity contribution in [3.8, 4) is 5.75 Å². The minimum atomic E-state index is -0.214. The monoisotopic (exact) mass is 348 g/mol. The quantitative estimate of drug-likeness (QED) is 0.798. The van der Waals surface area contributed by atoms with Gasteiger partial charge in [-0.15, -0.1) is 0 Å². The number of halogens is 1. The molecule has 0 radical (unpaired) electrons. The summed E-state index contributed by atoms with van der Waals surface area (Å²) < 4.78 is 5.12. The lowest BCUT2D eigenvalue weighted by atomic mass is 10.1. The summed E-state index contributed by atoms with van der Waals surface area (Å²) in [6, 6.07) is 6.90. The molecule has 0 aliphatic carbocycles. The summed E-state index contributed by atoms with van der Waals surface area (Å²) in [7, 11) is 1.56. The fourth-order valence-corrected chi connectivity index (χ4v) is 2.26. The molecule has 1 amide bonds. The minimum Gasteiger partial charge on any atom is -0.495 e. The lowest BCUT2D eigenvalue weighted by Gasteiger charge is -2.10. The maximum Gasteiger partial charge on any atom is 0.270 e. The molecule has 0 fully saturated rings. The van der Waals surface area contributed by atoms with E-state index in [0.717, 1.165) is 12.1 Å². The van der Waals surface area contributed by atoms with Gasteiger partial charge in [-0.2, -0.15) is 0 Å². The Bertz CT molecular complexity index is 707. The minimum absolute atomic E-state index is 0.214. The molecule has 0 aliphatic heterocycles. The van der Waals surface area contributed by atoms with E-state index in [2.05, 4.69) is 34.4 Å². The Morgan fingerprint density at radius 1 is 1.29 bits per heavy atom. The van der Waals surface area contributed by atoms with Gasteiger partial charge in [-0.3, -0.25) is 4.79 Å². The van der Waals surface area contributed by atoms with Gasteiger partial charge < -0.3 is 15.4 Å². The van der Waals surface area contributed by atoms with Crippen LogP contribution in [0.25, 0.3) is 0 Å². The number of aromatic nitrogens is 2. The van der Waals surface area contributed by atoms with Crippen molar-refractivity contribution in [1.82, 2.24) is 15.3 Å². The topological polar surface area (TPSA) is 76.1 Å². The van der Waals surface area contributed by atoms with Crippen LogP contribution in [0.1, 0.15) is 30.8 Å². The smallest absolute Gasteiger partial charge is 0.270 e. The Hall–Kier alpha value is -2.34. The van der Waals surface area contributed by atoms with Crippen molar-refractivity contribution >= 4 is 29.0 Å². The Balaban J connectivity index is 2.04. The van der Waals surface area contributed by atoms with Crippen LogP contribution in [-0.4, -0.2) is 29.5 Å². The summed E-state index contributed by atoms with van der Waals surface area (Å²) in [5, 5.41) is 6.43. The van der Waals surface area contributed by atoms with Crippen molar-refractivity contribution in [3.05, 3.63) is 41.3 Å². The van der Waals surface area contributed by atoms with Crippen LogP contribution >= 0.6 is 11.6 Å². The third kappa shape index (κ3) is 5.09. The fourth-order valence-electron chi connectivity index (χ4n) is 2.01. The van der Waals surface area contributed by atoms with Gasteiger partial charge in [0.05, 0.1) is 12.1 Å². The van der Waals surface area contributed by atoms with Gasteiger partial charge in [-0.1, -0.05) is 25.4 Å². The summed E-state index contributed by atoms with van der Waals surface area (Å²) in [4.78, 5) is 20.2. The molecule has 1 aromatic carbocycles.